The van der Waals surface area contributed by atoms with Gasteiger partial charge in [-0.05, 0) is 24.6 Å². The summed E-state index contributed by atoms with van der Waals surface area (Å²) in [5.74, 6) is -1.25. The summed E-state index contributed by atoms with van der Waals surface area (Å²) >= 11 is 2.49. The van der Waals surface area contributed by atoms with Crippen LogP contribution in [0.25, 0.3) is 0 Å². The highest BCUT2D eigenvalue weighted by atomic mass is 32.2. The smallest absolute Gasteiger partial charge is 0.236 e. The molecule has 0 bridgehead atoms. The molecule has 1 aromatic heterocycles. The van der Waals surface area contributed by atoms with E-state index in [-0.39, 0.29) is 17.6 Å². The van der Waals surface area contributed by atoms with Crippen molar-refractivity contribution < 1.29 is 14.3 Å². The van der Waals surface area contributed by atoms with Gasteiger partial charge in [-0.15, -0.1) is 11.3 Å². The molecule has 0 radical (unpaired) electrons. The first-order chi connectivity index (χ1) is 17.5. The minimum absolute atomic E-state index is 0.0520. The molecule has 36 heavy (non-hydrogen) atoms. The number of carbonyl (C=O) groups excluding carboxylic acids is 2. The van der Waals surface area contributed by atoms with Crippen LogP contribution in [0, 0.1) is 17.2 Å². The highest BCUT2D eigenvalue weighted by molar-refractivity contribution is 8.03. The molecule has 2 heterocycles. The van der Waals surface area contributed by atoms with Crippen LogP contribution in [0.5, 0.6) is 5.75 Å². The molecular weight excluding hydrogens is 494 g/mol. The van der Waals surface area contributed by atoms with Crippen molar-refractivity contribution in [2.24, 2.45) is 10.9 Å². The SMILES string of the molecule is COc1ccccc1NC(=O)C1C(C)=NC(SCC(=O)Nc2nccs2)=C(C#N)C1c1ccccc1. The number of allylic oxidation sites excluding steroid dienone is 1. The number of para-hydroxylation sites is 2. The van der Waals surface area contributed by atoms with Gasteiger partial charge in [0, 0.05) is 23.2 Å². The average Bonchev–Trinajstić information content (AvgIpc) is 3.40. The Labute approximate surface area is 217 Å². The van der Waals surface area contributed by atoms with Gasteiger partial charge >= 0.3 is 0 Å². The monoisotopic (exact) mass is 517 g/mol. The molecule has 1 aliphatic rings. The number of ether oxygens (including phenoxy) is 1. The molecule has 2 atom stereocenters. The van der Waals surface area contributed by atoms with Gasteiger partial charge in [-0.25, -0.2) is 9.98 Å². The van der Waals surface area contributed by atoms with Crippen molar-refractivity contribution in [1.82, 2.24) is 4.98 Å². The number of thiazole rings is 1. The van der Waals surface area contributed by atoms with Gasteiger partial charge in [0.1, 0.15) is 10.8 Å². The first kappa shape index (κ1) is 25.2. The van der Waals surface area contributed by atoms with Gasteiger partial charge in [-0.3, -0.25) is 9.59 Å². The lowest BCUT2D eigenvalue weighted by Gasteiger charge is -2.31. The van der Waals surface area contributed by atoms with E-state index in [0.29, 0.717) is 32.9 Å². The highest BCUT2D eigenvalue weighted by Gasteiger charge is 2.39. The van der Waals surface area contributed by atoms with Crippen LogP contribution < -0.4 is 15.4 Å². The number of nitrogens with one attached hydrogen (secondary N) is 2. The zero-order chi connectivity index (χ0) is 25.5. The van der Waals surface area contributed by atoms with Crippen molar-refractivity contribution in [3.8, 4) is 11.8 Å². The Kier molecular flexibility index (Phi) is 8.15. The standard InChI is InChI=1S/C26H23N5O3S2/c1-16-22(24(33)30-19-10-6-7-11-20(19)34-2)23(17-8-4-3-5-9-17)18(14-27)25(29-16)36-15-21(32)31-26-28-12-13-35-26/h3-13,22-23H,15H2,1-2H3,(H,30,33)(H,28,31,32). The van der Waals surface area contributed by atoms with Crippen molar-refractivity contribution in [2.75, 3.05) is 23.5 Å². The summed E-state index contributed by atoms with van der Waals surface area (Å²) in [6.45, 7) is 1.77. The van der Waals surface area contributed by atoms with Gasteiger partial charge in [0.05, 0.1) is 36.1 Å². The number of anilines is 2. The van der Waals surface area contributed by atoms with Crippen LogP contribution in [-0.4, -0.2) is 35.4 Å². The summed E-state index contributed by atoms with van der Waals surface area (Å²) in [6, 6.07) is 18.8. The summed E-state index contributed by atoms with van der Waals surface area (Å²) in [4.78, 5) is 34.7. The van der Waals surface area contributed by atoms with E-state index >= 15 is 0 Å². The molecule has 0 saturated carbocycles. The van der Waals surface area contributed by atoms with Crippen molar-refractivity contribution in [1.29, 1.82) is 5.26 Å². The number of amides is 2. The topological polar surface area (TPSA) is 116 Å². The summed E-state index contributed by atoms with van der Waals surface area (Å²) < 4.78 is 5.37. The third kappa shape index (κ3) is 5.64. The number of nitrogens with zero attached hydrogens (tertiary/aromatic N) is 3. The fraction of sp³-hybridized carbons (Fsp3) is 0.192. The van der Waals surface area contributed by atoms with Crippen LogP contribution in [0.2, 0.25) is 0 Å². The lowest BCUT2D eigenvalue weighted by Crippen LogP contribution is -2.36. The molecule has 8 nitrogen and oxygen atoms in total. The number of aliphatic imine (C=N–C) groups is 1. The van der Waals surface area contributed by atoms with E-state index in [2.05, 4.69) is 26.7 Å². The number of carbonyl (C=O) groups is 2. The Morgan fingerprint density at radius 1 is 1.14 bits per heavy atom. The minimum Gasteiger partial charge on any atom is -0.495 e. The maximum atomic E-state index is 13.6. The number of hydrogen-bond acceptors (Lipinski definition) is 8. The van der Waals surface area contributed by atoms with Crippen molar-refractivity contribution in [3.05, 3.63) is 82.3 Å². The summed E-state index contributed by atoms with van der Waals surface area (Å²) in [5, 5.41) is 18.6. The molecule has 2 N–H and O–H groups in total. The van der Waals surface area contributed by atoms with Gasteiger partial charge in [-0.1, -0.05) is 54.2 Å². The van der Waals surface area contributed by atoms with Gasteiger partial charge < -0.3 is 15.4 Å². The van der Waals surface area contributed by atoms with Gasteiger partial charge in [0.15, 0.2) is 5.13 Å². The Morgan fingerprint density at radius 3 is 2.58 bits per heavy atom. The lowest BCUT2D eigenvalue weighted by molar-refractivity contribution is -0.118. The first-order valence-electron chi connectivity index (χ1n) is 11.0. The molecule has 0 spiro atoms. The number of benzene rings is 2. The Hall–Kier alpha value is -3.94. The molecule has 2 amide bonds. The molecule has 4 rings (SSSR count). The number of aromatic nitrogens is 1. The third-order valence-corrected chi connectivity index (χ3v) is 7.23. The number of methoxy groups -OCH3 is 1. The summed E-state index contributed by atoms with van der Waals surface area (Å²) in [7, 11) is 1.54. The van der Waals surface area contributed by atoms with E-state index < -0.39 is 11.8 Å². The van der Waals surface area contributed by atoms with E-state index in [1.807, 2.05) is 36.4 Å². The molecule has 0 fully saturated rings. The molecule has 3 aromatic rings. The number of nitriles is 1. The zero-order valence-electron chi connectivity index (χ0n) is 19.6. The van der Waals surface area contributed by atoms with Crippen molar-refractivity contribution in [2.45, 2.75) is 12.8 Å². The van der Waals surface area contributed by atoms with Crippen LogP contribution >= 0.6 is 23.1 Å². The minimum atomic E-state index is -0.722. The Morgan fingerprint density at radius 2 is 1.89 bits per heavy atom. The van der Waals surface area contributed by atoms with Gasteiger partial charge in [0.2, 0.25) is 11.8 Å². The van der Waals surface area contributed by atoms with E-state index in [0.717, 1.165) is 5.56 Å². The van der Waals surface area contributed by atoms with Crippen LogP contribution in [-0.2, 0) is 9.59 Å². The van der Waals surface area contributed by atoms with Gasteiger partial charge in [-0.2, -0.15) is 5.26 Å². The van der Waals surface area contributed by atoms with Crippen LogP contribution in [0.15, 0.2) is 81.8 Å². The fourth-order valence-electron chi connectivity index (χ4n) is 3.95. The highest BCUT2D eigenvalue weighted by Crippen LogP contribution is 2.42. The van der Waals surface area contributed by atoms with Crippen LogP contribution in [0.1, 0.15) is 18.4 Å². The maximum Gasteiger partial charge on any atom is 0.236 e. The van der Waals surface area contributed by atoms with E-state index in [1.54, 1.807) is 36.7 Å². The van der Waals surface area contributed by atoms with E-state index in [1.165, 1.54) is 30.2 Å². The Bertz CT molecular complexity index is 1350. The van der Waals surface area contributed by atoms with Crippen molar-refractivity contribution >= 4 is 51.4 Å². The van der Waals surface area contributed by atoms with Crippen LogP contribution in [0.4, 0.5) is 10.8 Å². The average molecular weight is 518 g/mol. The quantitative estimate of drug-likeness (QED) is 0.431. The first-order valence-corrected chi connectivity index (χ1v) is 12.9. The molecule has 0 saturated heterocycles. The molecule has 182 valence electrons. The summed E-state index contributed by atoms with van der Waals surface area (Å²) in [6.07, 6.45) is 1.61. The van der Waals surface area contributed by atoms with E-state index in [9.17, 15) is 14.9 Å². The number of rotatable bonds is 8. The lowest BCUT2D eigenvalue weighted by atomic mass is 9.77. The molecular formula is C26H23N5O3S2. The second kappa shape index (κ2) is 11.7. The number of hydrogen-bond donors (Lipinski definition) is 2. The van der Waals surface area contributed by atoms with Crippen LogP contribution in [0.3, 0.4) is 0 Å². The normalized spacial score (nSPS) is 17.1. The fourth-order valence-corrected chi connectivity index (χ4v) is 5.37. The van der Waals surface area contributed by atoms with Gasteiger partial charge in [0.25, 0.3) is 0 Å². The largest absolute Gasteiger partial charge is 0.495 e. The van der Waals surface area contributed by atoms with Crippen molar-refractivity contribution in [3.63, 3.8) is 0 Å². The predicted molar refractivity (Wildman–Crippen MR) is 143 cm³/mol. The zero-order valence-corrected chi connectivity index (χ0v) is 21.2. The molecule has 2 unspecified atom stereocenters. The van der Waals surface area contributed by atoms with E-state index in [4.69, 9.17) is 4.74 Å². The second-order valence-corrected chi connectivity index (χ2v) is 9.67. The molecule has 10 heteroatoms. The maximum absolute atomic E-state index is 13.6. The second-order valence-electron chi connectivity index (χ2n) is 7.81. The Balaban J connectivity index is 1.64. The molecule has 0 aliphatic carbocycles. The third-order valence-electron chi connectivity index (χ3n) is 5.55. The summed E-state index contributed by atoms with van der Waals surface area (Å²) in [5.41, 5.74) is 2.25. The molecule has 1 aliphatic heterocycles. The molecule has 2 aromatic carbocycles. The predicted octanol–water partition coefficient (Wildman–Crippen LogP) is 5.07. The number of thioether (sulfide) groups is 1.